The van der Waals surface area contributed by atoms with Crippen molar-refractivity contribution in [2.75, 3.05) is 13.6 Å². The molecule has 0 radical (unpaired) electrons. The van der Waals surface area contributed by atoms with Crippen molar-refractivity contribution in [3.63, 3.8) is 0 Å². The molecule has 262 valence electrons. The Labute approximate surface area is 283 Å². The molecule has 2 rings (SSSR count). The number of nitrogens with one attached hydrogen (secondary N) is 3. The molecule has 0 spiro atoms. The van der Waals surface area contributed by atoms with E-state index in [0.29, 0.717) is 44.6 Å². The van der Waals surface area contributed by atoms with Gasteiger partial charge in [0.15, 0.2) is 5.78 Å². The number of primary amides is 1. The quantitative estimate of drug-likeness (QED) is 0.124. The van der Waals surface area contributed by atoms with Crippen LogP contribution in [-0.4, -0.2) is 60.1 Å². The summed E-state index contributed by atoms with van der Waals surface area (Å²) in [6.45, 7) is 12.4. The van der Waals surface area contributed by atoms with Gasteiger partial charge < -0.3 is 27.4 Å². The van der Waals surface area contributed by atoms with E-state index in [-0.39, 0.29) is 42.8 Å². The van der Waals surface area contributed by atoms with Crippen molar-refractivity contribution in [1.29, 1.82) is 0 Å². The average Bonchev–Trinajstić information content (AvgIpc) is 3.43. The maximum atomic E-state index is 13.9. The topological polar surface area (TPSA) is 186 Å². The van der Waals surface area contributed by atoms with Gasteiger partial charge in [-0.2, -0.15) is 0 Å². The highest BCUT2D eigenvalue weighted by Crippen LogP contribution is 2.29. The van der Waals surface area contributed by atoms with E-state index >= 15 is 0 Å². The lowest BCUT2D eigenvalue weighted by Gasteiger charge is -2.28. The van der Waals surface area contributed by atoms with E-state index in [1.165, 1.54) is 23.9 Å². The monoisotopic (exact) mass is 672 g/mol. The molecule has 0 bridgehead atoms. The number of carbonyl (C=O) groups excluding carboxylic acids is 5. The molecule has 0 aliphatic rings. The number of thiazole rings is 1. The van der Waals surface area contributed by atoms with Crippen molar-refractivity contribution in [2.24, 2.45) is 35.1 Å². The Hall–Kier alpha value is -3.38. The number of carbonyl (C=O) groups is 5. The Morgan fingerprint density at radius 2 is 1.62 bits per heavy atom. The molecule has 5 atom stereocenters. The van der Waals surface area contributed by atoms with Crippen molar-refractivity contribution < 1.29 is 24.0 Å². The molecule has 7 N–H and O–H groups in total. The van der Waals surface area contributed by atoms with Crippen molar-refractivity contribution in [3.8, 4) is 0 Å². The number of aromatic nitrogens is 1. The molecule has 0 aliphatic carbocycles. The maximum Gasteiger partial charge on any atom is 0.240 e. The summed E-state index contributed by atoms with van der Waals surface area (Å²) >= 11 is 1.50. The van der Waals surface area contributed by atoms with Crippen molar-refractivity contribution in [2.45, 2.75) is 111 Å². The van der Waals surface area contributed by atoms with Crippen molar-refractivity contribution in [3.05, 3.63) is 28.8 Å². The Morgan fingerprint density at radius 3 is 2.19 bits per heavy atom. The van der Waals surface area contributed by atoms with Crippen LogP contribution in [0.15, 0.2) is 18.2 Å². The largest absolute Gasteiger partial charge is 0.368 e. The van der Waals surface area contributed by atoms with Crippen LogP contribution in [0.4, 0.5) is 0 Å². The number of nitrogens with two attached hydrogens (primary N) is 2. The average molecular weight is 673 g/mol. The molecule has 12 heteroatoms. The predicted molar refractivity (Wildman–Crippen MR) is 188 cm³/mol. The summed E-state index contributed by atoms with van der Waals surface area (Å²) in [6.07, 6.45) is 2.76. The van der Waals surface area contributed by atoms with E-state index in [2.05, 4.69) is 41.9 Å². The van der Waals surface area contributed by atoms with Gasteiger partial charge in [0.2, 0.25) is 23.6 Å². The lowest BCUT2D eigenvalue weighted by atomic mass is 9.86. The zero-order valence-corrected chi connectivity index (χ0v) is 30.0. The minimum atomic E-state index is -0.865. The van der Waals surface area contributed by atoms with Crippen LogP contribution >= 0.6 is 11.3 Å². The molecule has 0 saturated carbocycles. The number of amides is 4. The van der Waals surface area contributed by atoms with Crippen LogP contribution in [0, 0.1) is 23.7 Å². The third-order valence-corrected chi connectivity index (χ3v) is 9.72. The molecule has 1 heterocycles. The summed E-state index contributed by atoms with van der Waals surface area (Å²) in [7, 11) is 1.52. The van der Waals surface area contributed by atoms with Gasteiger partial charge in [0.1, 0.15) is 6.04 Å². The molecular formula is C35H56N6O5S. The number of hydrogen-bond acceptors (Lipinski definition) is 8. The van der Waals surface area contributed by atoms with Gasteiger partial charge in [0.05, 0.1) is 27.2 Å². The fourth-order valence-electron chi connectivity index (χ4n) is 5.51. The number of hydrogen-bond donors (Lipinski definition) is 5. The van der Waals surface area contributed by atoms with E-state index in [1.807, 2.05) is 33.8 Å². The van der Waals surface area contributed by atoms with Crippen molar-refractivity contribution in [1.82, 2.24) is 20.9 Å². The van der Waals surface area contributed by atoms with Crippen LogP contribution in [0.25, 0.3) is 10.2 Å². The smallest absolute Gasteiger partial charge is 0.240 e. The first-order chi connectivity index (χ1) is 22.2. The molecule has 0 fully saturated rings. The normalized spacial score (nSPS) is 14.8. The van der Waals surface area contributed by atoms with Gasteiger partial charge in [0, 0.05) is 32.2 Å². The standard InChI is InChI=1S/C35H56N6O5S/c1-8-22(6)32(28(42)16-24(11-9-10-14-36)34(45)40-27(33(37)44)15-20(2)3)41-35(46)25(18-30(43)38-7)19-31-39-26-13-12-23(21(4)5)17-29(26)47-31/h12-13,17,20-22,24-25,27,32H,8-11,14-16,18-19,36H2,1-7H3,(H2,37,44)(H,38,43)(H,40,45)(H,41,46)/t22-,24+,25-,27-,32-/m0/s1. The fourth-order valence-corrected chi connectivity index (χ4v) is 6.61. The summed E-state index contributed by atoms with van der Waals surface area (Å²) in [5, 5.41) is 9.05. The highest BCUT2D eigenvalue weighted by Gasteiger charge is 2.34. The molecule has 0 saturated heterocycles. The van der Waals surface area contributed by atoms with Crippen LogP contribution in [0.3, 0.4) is 0 Å². The summed E-state index contributed by atoms with van der Waals surface area (Å²) in [5.74, 6) is -3.23. The van der Waals surface area contributed by atoms with Gasteiger partial charge in [-0.1, -0.05) is 60.5 Å². The summed E-state index contributed by atoms with van der Waals surface area (Å²) in [6, 6.07) is 4.43. The number of fused-ring (bicyclic) bond motifs is 1. The lowest BCUT2D eigenvalue weighted by molar-refractivity contribution is -0.135. The first-order valence-corrected chi connectivity index (χ1v) is 17.7. The minimum Gasteiger partial charge on any atom is -0.368 e. The molecule has 1 aromatic heterocycles. The Bertz CT molecular complexity index is 1360. The second-order valence-corrected chi connectivity index (χ2v) is 14.5. The Morgan fingerprint density at radius 1 is 0.936 bits per heavy atom. The summed E-state index contributed by atoms with van der Waals surface area (Å²) in [5.41, 5.74) is 13.3. The number of Topliss-reactive ketones (excluding diaryl/α,β-unsaturated/α-hetero) is 1. The molecule has 0 unspecified atom stereocenters. The number of benzene rings is 1. The fraction of sp³-hybridized carbons (Fsp3) is 0.657. The molecule has 1 aromatic carbocycles. The SMILES string of the molecule is CC[C@H](C)[C@H](NC(=O)[C@@H](CC(=O)NC)Cc1nc2ccc(C(C)C)cc2s1)C(=O)C[C@@H](CCCCN)C(=O)N[C@@H](CC(C)C)C(N)=O. The van der Waals surface area contributed by atoms with Gasteiger partial charge in [-0.05, 0) is 61.3 Å². The van der Waals surface area contributed by atoms with Crippen LogP contribution in [0.2, 0.25) is 0 Å². The van der Waals surface area contributed by atoms with Gasteiger partial charge >= 0.3 is 0 Å². The number of rotatable bonds is 21. The second-order valence-electron chi connectivity index (χ2n) is 13.4. The van der Waals surface area contributed by atoms with Gasteiger partial charge in [0.25, 0.3) is 0 Å². The highest BCUT2D eigenvalue weighted by atomic mass is 32.1. The molecule has 2 aromatic rings. The van der Waals surface area contributed by atoms with Crippen molar-refractivity contribution >= 4 is 51.0 Å². The zero-order valence-electron chi connectivity index (χ0n) is 29.2. The first-order valence-electron chi connectivity index (χ1n) is 16.9. The maximum absolute atomic E-state index is 13.9. The predicted octanol–water partition coefficient (Wildman–Crippen LogP) is 3.97. The molecule has 47 heavy (non-hydrogen) atoms. The molecule has 11 nitrogen and oxygen atoms in total. The second kappa shape index (κ2) is 19.4. The van der Waals surface area contributed by atoms with Gasteiger partial charge in [-0.3, -0.25) is 24.0 Å². The van der Waals surface area contributed by atoms with Crippen LogP contribution < -0.4 is 27.4 Å². The van der Waals surface area contributed by atoms with Gasteiger partial charge in [-0.25, -0.2) is 4.98 Å². The third-order valence-electron chi connectivity index (χ3n) is 8.68. The van der Waals surface area contributed by atoms with E-state index < -0.39 is 41.6 Å². The van der Waals surface area contributed by atoms with E-state index in [9.17, 15) is 24.0 Å². The first kappa shape index (κ1) is 39.8. The molecule has 0 aliphatic heterocycles. The number of ketones is 1. The summed E-state index contributed by atoms with van der Waals surface area (Å²) < 4.78 is 1.02. The summed E-state index contributed by atoms with van der Waals surface area (Å²) in [4.78, 5) is 70.4. The van der Waals surface area contributed by atoms with Gasteiger partial charge in [-0.15, -0.1) is 11.3 Å². The van der Waals surface area contributed by atoms with E-state index in [4.69, 9.17) is 16.5 Å². The molecule has 4 amide bonds. The van der Waals surface area contributed by atoms with E-state index in [0.717, 1.165) is 15.2 Å². The number of nitrogens with zero attached hydrogens (tertiary/aromatic N) is 1. The van der Waals surface area contributed by atoms with Crippen LogP contribution in [-0.2, 0) is 30.4 Å². The third kappa shape index (κ3) is 12.6. The molecular weight excluding hydrogens is 616 g/mol. The Kier molecular flexibility index (Phi) is 16.5. The highest BCUT2D eigenvalue weighted by molar-refractivity contribution is 7.18. The van der Waals surface area contributed by atoms with Crippen LogP contribution in [0.1, 0.15) is 103 Å². The van der Waals surface area contributed by atoms with E-state index in [1.54, 1.807) is 0 Å². The zero-order chi connectivity index (χ0) is 35.3. The Balaban J connectivity index is 2.30. The minimum absolute atomic E-state index is 0.0641. The number of unbranched alkanes of at least 4 members (excludes halogenated alkanes) is 1. The lowest BCUT2D eigenvalue weighted by Crippen LogP contribution is -2.50. The van der Waals surface area contributed by atoms with Crippen LogP contribution in [0.5, 0.6) is 0 Å².